The molecule has 2 heterocycles. The third-order valence-electron chi connectivity index (χ3n) is 4.45. The van der Waals surface area contributed by atoms with Crippen molar-refractivity contribution in [1.29, 1.82) is 0 Å². The maximum atomic E-state index is 13.2. The summed E-state index contributed by atoms with van der Waals surface area (Å²) in [5, 5.41) is 4.26. The van der Waals surface area contributed by atoms with Gasteiger partial charge in [0.15, 0.2) is 5.69 Å². The van der Waals surface area contributed by atoms with Gasteiger partial charge in [-0.2, -0.15) is 9.78 Å². The molecule has 0 bridgehead atoms. The number of piperidine rings is 1. The standard InChI is InChI=1S/C19H22FN3O3/c1-3-26-19(25)18-16(22-10-4-5-13(2)12-22)11-17(24)23(21-18)15-8-6-14(20)7-9-15/h6-9,11,13H,3-5,10,12H2,1-2H3/t13-/m0/s1. The van der Waals surface area contributed by atoms with Gasteiger partial charge < -0.3 is 9.64 Å². The van der Waals surface area contributed by atoms with Crippen LogP contribution in [0.4, 0.5) is 10.1 Å². The van der Waals surface area contributed by atoms with Crippen molar-refractivity contribution in [1.82, 2.24) is 9.78 Å². The Bertz CT molecular complexity index is 848. The van der Waals surface area contributed by atoms with Gasteiger partial charge in [-0.05, 0) is 49.9 Å². The largest absolute Gasteiger partial charge is 0.461 e. The molecule has 0 aliphatic carbocycles. The molecule has 2 aromatic rings. The molecule has 138 valence electrons. The SMILES string of the molecule is CCOC(=O)c1nn(-c2ccc(F)cc2)c(=O)cc1N1CCC[C@H](C)C1. The molecule has 0 amide bonds. The van der Waals surface area contributed by atoms with E-state index in [9.17, 15) is 14.0 Å². The minimum atomic E-state index is -0.573. The summed E-state index contributed by atoms with van der Waals surface area (Å²) in [6.07, 6.45) is 2.11. The summed E-state index contributed by atoms with van der Waals surface area (Å²) in [4.78, 5) is 27.1. The highest BCUT2D eigenvalue weighted by Crippen LogP contribution is 2.25. The first-order valence-electron chi connectivity index (χ1n) is 8.82. The lowest BCUT2D eigenvalue weighted by molar-refractivity contribution is 0.0517. The van der Waals surface area contributed by atoms with E-state index in [1.54, 1.807) is 6.92 Å². The monoisotopic (exact) mass is 359 g/mol. The van der Waals surface area contributed by atoms with E-state index >= 15 is 0 Å². The second-order valence-electron chi connectivity index (χ2n) is 6.52. The lowest BCUT2D eigenvalue weighted by atomic mass is 9.99. The number of hydrogen-bond donors (Lipinski definition) is 0. The van der Waals surface area contributed by atoms with Crippen molar-refractivity contribution in [3.05, 3.63) is 52.2 Å². The Balaban J connectivity index is 2.09. The molecule has 0 N–H and O–H groups in total. The second-order valence-corrected chi connectivity index (χ2v) is 6.52. The van der Waals surface area contributed by atoms with Gasteiger partial charge in [-0.1, -0.05) is 6.92 Å². The smallest absolute Gasteiger partial charge is 0.360 e. The third-order valence-corrected chi connectivity index (χ3v) is 4.45. The summed E-state index contributed by atoms with van der Waals surface area (Å²) in [5.74, 6) is -0.513. The lowest BCUT2D eigenvalue weighted by Gasteiger charge is -2.33. The fourth-order valence-electron chi connectivity index (χ4n) is 3.21. The van der Waals surface area contributed by atoms with E-state index in [4.69, 9.17) is 4.74 Å². The van der Waals surface area contributed by atoms with Crippen LogP contribution >= 0.6 is 0 Å². The van der Waals surface area contributed by atoms with Crippen LogP contribution in [0.5, 0.6) is 0 Å². The van der Waals surface area contributed by atoms with Crippen LogP contribution < -0.4 is 10.5 Å². The lowest BCUT2D eigenvalue weighted by Crippen LogP contribution is -2.37. The number of rotatable bonds is 4. The van der Waals surface area contributed by atoms with Crippen LogP contribution in [0.25, 0.3) is 5.69 Å². The van der Waals surface area contributed by atoms with E-state index in [0.29, 0.717) is 17.3 Å². The first-order valence-corrected chi connectivity index (χ1v) is 8.82. The van der Waals surface area contributed by atoms with Gasteiger partial charge >= 0.3 is 5.97 Å². The normalized spacial score (nSPS) is 17.2. The van der Waals surface area contributed by atoms with Gasteiger partial charge in [-0.25, -0.2) is 9.18 Å². The first kappa shape index (κ1) is 18.1. The molecule has 0 saturated carbocycles. The molecule has 1 atom stereocenters. The molecule has 26 heavy (non-hydrogen) atoms. The van der Waals surface area contributed by atoms with Crippen LogP contribution in [-0.4, -0.2) is 35.4 Å². The number of hydrogen-bond acceptors (Lipinski definition) is 5. The van der Waals surface area contributed by atoms with Crippen molar-refractivity contribution in [2.45, 2.75) is 26.7 Å². The summed E-state index contributed by atoms with van der Waals surface area (Å²) in [7, 11) is 0. The van der Waals surface area contributed by atoms with E-state index in [1.807, 2.05) is 4.90 Å². The number of carbonyl (C=O) groups is 1. The van der Waals surface area contributed by atoms with Crippen molar-refractivity contribution in [2.24, 2.45) is 5.92 Å². The average molecular weight is 359 g/mol. The fraction of sp³-hybridized carbons (Fsp3) is 0.421. The molecule has 6 nitrogen and oxygen atoms in total. The Labute approximate surface area is 151 Å². The van der Waals surface area contributed by atoms with Gasteiger partial charge in [0.25, 0.3) is 5.56 Å². The van der Waals surface area contributed by atoms with Crippen molar-refractivity contribution < 1.29 is 13.9 Å². The Morgan fingerprint density at radius 2 is 2.08 bits per heavy atom. The van der Waals surface area contributed by atoms with E-state index in [0.717, 1.165) is 30.6 Å². The van der Waals surface area contributed by atoms with Gasteiger partial charge in [-0.3, -0.25) is 4.79 Å². The van der Waals surface area contributed by atoms with Crippen LogP contribution in [0.1, 0.15) is 37.2 Å². The van der Waals surface area contributed by atoms with Crippen LogP contribution in [0.15, 0.2) is 35.1 Å². The predicted molar refractivity (Wildman–Crippen MR) is 96.4 cm³/mol. The minimum Gasteiger partial charge on any atom is -0.461 e. The highest BCUT2D eigenvalue weighted by atomic mass is 19.1. The summed E-state index contributed by atoms with van der Waals surface area (Å²) >= 11 is 0. The fourth-order valence-corrected chi connectivity index (χ4v) is 3.21. The molecule has 1 fully saturated rings. The molecule has 1 aliphatic heterocycles. The molecular weight excluding hydrogens is 337 g/mol. The zero-order valence-corrected chi connectivity index (χ0v) is 14.9. The highest BCUT2D eigenvalue weighted by Gasteiger charge is 2.25. The quantitative estimate of drug-likeness (QED) is 0.786. The molecule has 0 unspecified atom stereocenters. The minimum absolute atomic E-state index is 0.102. The maximum Gasteiger partial charge on any atom is 0.360 e. The molecule has 1 aliphatic rings. The van der Waals surface area contributed by atoms with Crippen molar-refractivity contribution in [2.75, 3.05) is 24.6 Å². The van der Waals surface area contributed by atoms with Gasteiger partial charge in [0.1, 0.15) is 5.82 Å². The number of benzene rings is 1. The summed E-state index contributed by atoms with van der Waals surface area (Å²) in [6.45, 7) is 5.60. The third kappa shape index (κ3) is 3.76. The summed E-state index contributed by atoms with van der Waals surface area (Å²) in [6, 6.07) is 6.80. The molecule has 1 saturated heterocycles. The molecular formula is C19H22FN3O3. The number of carbonyl (C=O) groups excluding carboxylic acids is 1. The molecule has 3 rings (SSSR count). The topological polar surface area (TPSA) is 64.4 Å². The van der Waals surface area contributed by atoms with Crippen LogP contribution in [0.2, 0.25) is 0 Å². The first-order chi connectivity index (χ1) is 12.5. The number of anilines is 1. The van der Waals surface area contributed by atoms with E-state index in [-0.39, 0.29) is 17.9 Å². The summed E-state index contributed by atoms with van der Waals surface area (Å²) < 4.78 is 19.4. The number of esters is 1. The van der Waals surface area contributed by atoms with E-state index in [1.165, 1.54) is 30.3 Å². The number of aromatic nitrogens is 2. The predicted octanol–water partition coefficient (Wildman–Crippen LogP) is 2.78. The van der Waals surface area contributed by atoms with Gasteiger partial charge in [-0.15, -0.1) is 0 Å². The van der Waals surface area contributed by atoms with Crippen molar-refractivity contribution >= 4 is 11.7 Å². The van der Waals surface area contributed by atoms with Crippen LogP contribution in [0.3, 0.4) is 0 Å². The van der Waals surface area contributed by atoms with Crippen molar-refractivity contribution in [3.8, 4) is 5.69 Å². The second kappa shape index (κ2) is 7.68. The number of ether oxygens (including phenoxy) is 1. The van der Waals surface area contributed by atoms with Gasteiger partial charge in [0.05, 0.1) is 18.0 Å². The van der Waals surface area contributed by atoms with Gasteiger partial charge in [0, 0.05) is 19.2 Å². The van der Waals surface area contributed by atoms with E-state index in [2.05, 4.69) is 12.0 Å². The Morgan fingerprint density at radius 3 is 2.73 bits per heavy atom. The van der Waals surface area contributed by atoms with Crippen molar-refractivity contribution in [3.63, 3.8) is 0 Å². The Morgan fingerprint density at radius 1 is 1.35 bits per heavy atom. The zero-order valence-electron chi connectivity index (χ0n) is 14.9. The zero-order chi connectivity index (χ0) is 18.7. The molecule has 7 heteroatoms. The maximum absolute atomic E-state index is 13.2. The molecule has 0 radical (unpaired) electrons. The summed E-state index contributed by atoms with van der Waals surface area (Å²) in [5.41, 5.74) is 0.613. The number of nitrogens with zero attached hydrogens (tertiary/aromatic N) is 3. The molecule has 1 aromatic heterocycles. The molecule has 0 spiro atoms. The van der Waals surface area contributed by atoms with Crippen LogP contribution in [-0.2, 0) is 4.74 Å². The average Bonchev–Trinajstić information content (AvgIpc) is 2.62. The number of halogens is 1. The Hall–Kier alpha value is -2.70. The van der Waals surface area contributed by atoms with Crippen LogP contribution in [0, 0.1) is 11.7 Å². The Kier molecular flexibility index (Phi) is 5.35. The molecule has 1 aromatic carbocycles. The highest BCUT2D eigenvalue weighted by molar-refractivity contribution is 5.93. The van der Waals surface area contributed by atoms with E-state index < -0.39 is 11.8 Å². The van der Waals surface area contributed by atoms with Gasteiger partial charge in [0.2, 0.25) is 0 Å².